The molecule has 224 valence electrons. The predicted octanol–water partition coefficient (Wildman–Crippen LogP) is 3.41. The number of nitrogens with one attached hydrogen (secondary N) is 3. The summed E-state index contributed by atoms with van der Waals surface area (Å²) in [6.45, 7) is 1.72. The Labute approximate surface area is 228 Å². The van der Waals surface area contributed by atoms with Crippen molar-refractivity contribution in [3.63, 3.8) is 0 Å². The second-order valence-electron chi connectivity index (χ2n) is 8.29. The highest BCUT2D eigenvalue weighted by Crippen LogP contribution is 2.26. The first kappa shape index (κ1) is 32.6. The average molecular weight is 594 g/mol. The Morgan fingerprint density at radius 2 is 1.63 bits per heavy atom. The summed E-state index contributed by atoms with van der Waals surface area (Å²) in [5, 5.41) is 7.67. The minimum atomic E-state index is -5.45. The van der Waals surface area contributed by atoms with Crippen LogP contribution in [0.2, 0.25) is 0 Å². The van der Waals surface area contributed by atoms with Crippen molar-refractivity contribution in [1.29, 1.82) is 0 Å². The van der Waals surface area contributed by atoms with E-state index < -0.39 is 61.0 Å². The van der Waals surface area contributed by atoms with Crippen molar-refractivity contribution in [3.8, 4) is 5.75 Å². The standard InChI is InChI=1S/C24H24F6N4O7/c1-14-8-10-32-18(11-14)31-9-2-3-19(35)33-13-20(36)34-17(12-21(37)40-41-22(38)23(25,26)27)15-4-6-16(7-5-15)39-24(28,29)30/h4-8,10-11,17H,2-3,9,12-13H2,1H3,(H,31,32)(H,33,35)(H,34,36). The SMILES string of the molecule is Cc1ccnc(NCCCC(=O)NCC(=O)NC(CC(=O)OOC(=O)C(F)(F)F)c2ccc(OC(F)(F)F)cc2)c1. The normalized spacial score (nSPS) is 12.1. The maximum absolute atomic E-state index is 12.4. The van der Waals surface area contributed by atoms with Gasteiger partial charge in [-0.05, 0) is 48.7 Å². The van der Waals surface area contributed by atoms with E-state index in [2.05, 4.69) is 35.4 Å². The molecule has 17 heteroatoms. The van der Waals surface area contributed by atoms with E-state index in [0.29, 0.717) is 18.8 Å². The number of aryl methyl sites for hydroxylation is 1. The molecule has 0 spiro atoms. The van der Waals surface area contributed by atoms with Gasteiger partial charge in [0.15, 0.2) is 0 Å². The first-order valence-electron chi connectivity index (χ1n) is 11.7. The predicted molar refractivity (Wildman–Crippen MR) is 127 cm³/mol. The summed E-state index contributed by atoms with van der Waals surface area (Å²) in [6.07, 6.45) is -9.30. The van der Waals surface area contributed by atoms with Crippen molar-refractivity contribution in [2.75, 3.05) is 18.4 Å². The lowest BCUT2D eigenvalue weighted by molar-refractivity contribution is -0.286. The largest absolute Gasteiger partial charge is 0.573 e. The van der Waals surface area contributed by atoms with Crippen LogP contribution in [0.3, 0.4) is 0 Å². The lowest BCUT2D eigenvalue weighted by Crippen LogP contribution is -2.39. The van der Waals surface area contributed by atoms with Gasteiger partial charge >= 0.3 is 24.5 Å². The van der Waals surface area contributed by atoms with Crippen LogP contribution in [-0.4, -0.2) is 54.4 Å². The molecular weight excluding hydrogens is 570 g/mol. The lowest BCUT2D eigenvalue weighted by atomic mass is 10.0. The molecule has 0 radical (unpaired) electrons. The van der Waals surface area contributed by atoms with Gasteiger partial charge in [-0.25, -0.2) is 24.3 Å². The molecule has 1 heterocycles. The monoisotopic (exact) mass is 594 g/mol. The van der Waals surface area contributed by atoms with Crippen LogP contribution >= 0.6 is 0 Å². The number of pyridine rings is 1. The molecule has 2 amide bonds. The molecule has 0 aliphatic carbocycles. The summed E-state index contributed by atoms with van der Waals surface area (Å²) < 4.78 is 77.7. The van der Waals surface area contributed by atoms with Crippen LogP contribution in [0.25, 0.3) is 0 Å². The van der Waals surface area contributed by atoms with Gasteiger partial charge in [-0.1, -0.05) is 12.1 Å². The van der Waals surface area contributed by atoms with Crippen molar-refractivity contribution >= 4 is 29.6 Å². The molecule has 2 rings (SSSR count). The van der Waals surface area contributed by atoms with E-state index in [1.807, 2.05) is 19.1 Å². The molecule has 1 aromatic carbocycles. The molecule has 11 nitrogen and oxygen atoms in total. The smallest absolute Gasteiger partial charge is 0.406 e. The highest BCUT2D eigenvalue weighted by atomic mass is 19.4. The van der Waals surface area contributed by atoms with Gasteiger partial charge in [0.2, 0.25) is 11.8 Å². The molecular formula is C24H24F6N4O7. The number of nitrogens with zero attached hydrogens (tertiary/aromatic N) is 1. The lowest BCUT2D eigenvalue weighted by Gasteiger charge is -2.19. The number of aromatic nitrogens is 1. The number of hydrogen-bond donors (Lipinski definition) is 3. The molecule has 3 N–H and O–H groups in total. The second-order valence-corrected chi connectivity index (χ2v) is 8.29. The molecule has 0 fully saturated rings. The zero-order valence-corrected chi connectivity index (χ0v) is 21.2. The van der Waals surface area contributed by atoms with Gasteiger partial charge < -0.3 is 20.7 Å². The Morgan fingerprint density at radius 1 is 0.951 bits per heavy atom. The Balaban J connectivity index is 1.93. The number of anilines is 1. The second kappa shape index (κ2) is 14.7. The Morgan fingerprint density at radius 3 is 2.24 bits per heavy atom. The maximum atomic E-state index is 12.4. The molecule has 1 atom stereocenters. The van der Waals surface area contributed by atoms with Crippen molar-refractivity contribution in [1.82, 2.24) is 15.6 Å². The molecule has 0 saturated heterocycles. The minimum absolute atomic E-state index is 0.00846. The quantitative estimate of drug-likeness (QED) is 0.146. The topological polar surface area (TPSA) is 145 Å². The van der Waals surface area contributed by atoms with Crippen molar-refractivity contribution < 1.29 is 60.0 Å². The van der Waals surface area contributed by atoms with Crippen LogP contribution in [0.1, 0.15) is 36.4 Å². The zero-order chi connectivity index (χ0) is 30.6. The fourth-order valence-corrected chi connectivity index (χ4v) is 3.10. The van der Waals surface area contributed by atoms with Gasteiger partial charge in [0, 0.05) is 19.2 Å². The first-order chi connectivity index (χ1) is 19.1. The zero-order valence-electron chi connectivity index (χ0n) is 21.2. The molecule has 0 aliphatic rings. The van der Waals surface area contributed by atoms with Crippen molar-refractivity contribution in [2.45, 2.75) is 44.8 Å². The van der Waals surface area contributed by atoms with E-state index >= 15 is 0 Å². The number of alkyl halides is 6. The molecule has 0 aliphatic heterocycles. The van der Waals surface area contributed by atoms with E-state index in [4.69, 9.17) is 0 Å². The summed E-state index contributed by atoms with van der Waals surface area (Å²) in [4.78, 5) is 58.5. The van der Waals surface area contributed by atoms with Crippen molar-refractivity contribution in [3.05, 3.63) is 53.7 Å². The summed E-state index contributed by atoms with van der Waals surface area (Å²) in [5.41, 5.74) is 1.000. The number of halogens is 6. The molecule has 0 saturated carbocycles. The molecule has 0 bridgehead atoms. The molecule has 1 unspecified atom stereocenters. The number of amides is 2. The number of rotatable bonds is 12. The number of carbonyl (C=O) groups is 4. The van der Waals surface area contributed by atoms with Gasteiger partial charge in [-0.15, -0.1) is 13.2 Å². The van der Waals surface area contributed by atoms with Crippen molar-refractivity contribution in [2.24, 2.45) is 0 Å². The van der Waals surface area contributed by atoms with Crippen LogP contribution in [0.15, 0.2) is 42.6 Å². The minimum Gasteiger partial charge on any atom is -0.406 e. The van der Waals surface area contributed by atoms with Crippen LogP contribution in [-0.2, 0) is 29.0 Å². The van der Waals surface area contributed by atoms with Gasteiger partial charge in [0.25, 0.3) is 0 Å². The highest BCUT2D eigenvalue weighted by Gasteiger charge is 2.43. The van der Waals surface area contributed by atoms with Gasteiger partial charge in [0.1, 0.15) is 11.6 Å². The summed E-state index contributed by atoms with van der Waals surface area (Å²) in [7, 11) is 0. The third kappa shape index (κ3) is 12.9. The van der Waals surface area contributed by atoms with E-state index in [9.17, 15) is 45.5 Å². The van der Waals surface area contributed by atoms with E-state index in [1.165, 1.54) is 0 Å². The van der Waals surface area contributed by atoms with Gasteiger partial charge in [-0.2, -0.15) is 13.2 Å². The number of hydrogen-bond acceptors (Lipinski definition) is 9. The fraction of sp³-hybridized carbons (Fsp3) is 0.375. The maximum Gasteiger partial charge on any atom is 0.573 e. The van der Waals surface area contributed by atoms with E-state index in [0.717, 1.165) is 29.8 Å². The highest BCUT2D eigenvalue weighted by molar-refractivity contribution is 5.85. The number of ether oxygens (including phenoxy) is 1. The summed E-state index contributed by atoms with van der Waals surface area (Å²) in [5.74, 6) is -5.70. The Bertz CT molecular complexity index is 1210. The average Bonchev–Trinajstić information content (AvgIpc) is 2.87. The number of benzene rings is 1. The van der Waals surface area contributed by atoms with Crippen LogP contribution < -0.4 is 20.7 Å². The summed E-state index contributed by atoms with van der Waals surface area (Å²) >= 11 is 0. The van der Waals surface area contributed by atoms with Crippen LogP contribution in [0.4, 0.5) is 32.2 Å². The van der Waals surface area contributed by atoms with Gasteiger partial charge in [0.05, 0.1) is 19.0 Å². The van der Waals surface area contributed by atoms with Crippen LogP contribution in [0, 0.1) is 6.92 Å². The Hall–Kier alpha value is -4.57. The van der Waals surface area contributed by atoms with Crippen LogP contribution in [0.5, 0.6) is 5.75 Å². The third-order valence-electron chi connectivity index (χ3n) is 4.91. The van der Waals surface area contributed by atoms with Gasteiger partial charge in [-0.3, -0.25) is 9.59 Å². The molecule has 2 aromatic rings. The summed E-state index contributed by atoms with van der Waals surface area (Å²) in [6, 6.07) is 6.05. The fourth-order valence-electron chi connectivity index (χ4n) is 3.10. The first-order valence-corrected chi connectivity index (χ1v) is 11.7. The van der Waals surface area contributed by atoms with E-state index in [-0.39, 0.29) is 12.0 Å². The number of carbonyl (C=O) groups excluding carboxylic acids is 4. The Kier molecular flexibility index (Phi) is 11.7. The molecule has 1 aromatic heterocycles. The third-order valence-corrected chi connectivity index (χ3v) is 4.91. The van der Waals surface area contributed by atoms with E-state index in [1.54, 1.807) is 6.20 Å². The molecule has 41 heavy (non-hydrogen) atoms.